The maximum atomic E-state index is 10.5. The number of hydrogen-bond acceptors (Lipinski definition) is 3. The molecule has 0 bridgehead atoms. The number of hydrogen-bond donors (Lipinski definition) is 1. The summed E-state index contributed by atoms with van der Waals surface area (Å²) >= 11 is -2.18. The van der Waals surface area contributed by atoms with Crippen LogP contribution in [0.2, 0.25) is 0 Å². The Morgan fingerprint density at radius 2 is 2.18 bits per heavy atom. The average Bonchev–Trinajstić information content (AvgIpc) is 1.94. The molecule has 0 heterocycles. The number of benzene rings is 1. The number of rotatable bonds is 1. The summed E-state index contributed by atoms with van der Waals surface area (Å²) in [5.74, 6) is 0. The predicted molar refractivity (Wildman–Crippen MR) is 42.8 cm³/mol. The van der Waals surface area contributed by atoms with Crippen molar-refractivity contribution >= 4 is 16.8 Å². The van der Waals surface area contributed by atoms with Crippen molar-refractivity contribution in [3.8, 4) is 0 Å². The van der Waals surface area contributed by atoms with E-state index in [0.29, 0.717) is 11.3 Å². The van der Waals surface area contributed by atoms with E-state index in [1.54, 1.807) is 19.1 Å². The van der Waals surface area contributed by atoms with Crippen LogP contribution in [0.4, 0.5) is 5.69 Å². The van der Waals surface area contributed by atoms with Crippen LogP contribution in [-0.2, 0) is 11.1 Å². The lowest BCUT2D eigenvalue weighted by atomic mass is 10.2. The first-order valence-electron chi connectivity index (χ1n) is 3.07. The molecule has 1 unspecified atom stereocenters. The molecule has 3 nitrogen and oxygen atoms in total. The molecule has 0 amide bonds. The fourth-order valence-electron chi connectivity index (χ4n) is 0.812. The first kappa shape index (κ1) is 8.23. The quantitative estimate of drug-likeness (QED) is 0.501. The topological polar surface area (TPSA) is 66.2 Å². The smallest absolute Gasteiger partial charge is 0.0355 e. The van der Waals surface area contributed by atoms with Crippen molar-refractivity contribution in [2.24, 2.45) is 0 Å². The van der Waals surface area contributed by atoms with E-state index >= 15 is 0 Å². The van der Waals surface area contributed by atoms with E-state index in [2.05, 4.69) is 0 Å². The Balaban J connectivity index is 3.27. The van der Waals surface area contributed by atoms with Crippen LogP contribution in [0, 0.1) is 6.92 Å². The van der Waals surface area contributed by atoms with Crippen molar-refractivity contribution in [3.05, 3.63) is 23.8 Å². The molecule has 0 aliphatic heterocycles. The molecule has 0 radical (unpaired) electrons. The van der Waals surface area contributed by atoms with Gasteiger partial charge in [0.2, 0.25) is 0 Å². The minimum atomic E-state index is -2.18. The van der Waals surface area contributed by atoms with E-state index < -0.39 is 11.1 Å². The second-order valence-electron chi connectivity index (χ2n) is 2.21. The zero-order valence-electron chi connectivity index (χ0n) is 6.03. The van der Waals surface area contributed by atoms with Crippen molar-refractivity contribution in [1.29, 1.82) is 0 Å². The molecule has 0 saturated heterocycles. The summed E-state index contributed by atoms with van der Waals surface area (Å²) in [6, 6.07) is 4.81. The van der Waals surface area contributed by atoms with E-state index in [4.69, 9.17) is 5.73 Å². The Labute approximate surface area is 67.5 Å². The van der Waals surface area contributed by atoms with Gasteiger partial charge in [-0.15, -0.1) is 0 Å². The molecule has 1 aromatic carbocycles. The third-order valence-corrected chi connectivity index (χ3v) is 2.31. The van der Waals surface area contributed by atoms with E-state index in [1.165, 1.54) is 6.07 Å². The molecule has 1 rings (SSSR count). The van der Waals surface area contributed by atoms with Gasteiger partial charge in [0.25, 0.3) is 0 Å². The highest BCUT2D eigenvalue weighted by molar-refractivity contribution is 7.79. The van der Waals surface area contributed by atoms with Crippen LogP contribution in [0.3, 0.4) is 0 Å². The molecule has 0 saturated carbocycles. The predicted octanol–water partition coefficient (Wildman–Crippen LogP) is 0.815. The van der Waals surface area contributed by atoms with Crippen LogP contribution >= 0.6 is 0 Å². The third-order valence-electron chi connectivity index (χ3n) is 1.51. The Kier molecular flexibility index (Phi) is 2.26. The van der Waals surface area contributed by atoms with Gasteiger partial charge in [-0.05, 0) is 35.7 Å². The third kappa shape index (κ3) is 1.58. The lowest BCUT2D eigenvalue weighted by molar-refractivity contribution is 0.536. The Morgan fingerprint density at radius 1 is 1.55 bits per heavy atom. The normalized spacial score (nSPS) is 12.9. The van der Waals surface area contributed by atoms with Gasteiger partial charge in [-0.2, -0.15) is 0 Å². The largest absolute Gasteiger partial charge is 0.768 e. The monoisotopic (exact) mass is 170 g/mol. The van der Waals surface area contributed by atoms with Gasteiger partial charge in [0.1, 0.15) is 0 Å². The molecule has 1 aromatic rings. The summed E-state index contributed by atoms with van der Waals surface area (Å²) < 4.78 is 21.0. The van der Waals surface area contributed by atoms with Crippen molar-refractivity contribution in [1.82, 2.24) is 0 Å². The zero-order valence-corrected chi connectivity index (χ0v) is 6.85. The molecule has 0 aliphatic rings. The summed E-state index contributed by atoms with van der Waals surface area (Å²) in [6.07, 6.45) is 0. The van der Waals surface area contributed by atoms with Crippen LogP contribution in [0.25, 0.3) is 0 Å². The lowest BCUT2D eigenvalue weighted by Crippen LogP contribution is -1.96. The molecule has 1 atom stereocenters. The second-order valence-corrected chi connectivity index (χ2v) is 3.11. The Bertz CT molecular complexity index is 298. The van der Waals surface area contributed by atoms with E-state index in [9.17, 15) is 8.76 Å². The van der Waals surface area contributed by atoms with Gasteiger partial charge in [0.15, 0.2) is 0 Å². The molecular formula is C7H8NO2S-. The van der Waals surface area contributed by atoms with Crippen molar-refractivity contribution in [3.63, 3.8) is 0 Å². The number of anilines is 1. The molecule has 60 valence electrons. The van der Waals surface area contributed by atoms with Gasteiger partial charge in [-0.1, -0.05) is 6.07 Å². The highest BCUT2D eigenvalue weighted by Crippen LogP contribution is 2.17. The van der Waals surface area contributed by atoms with Crippen LogP contribution < -0.4 is 5.73 Å². The molecule has 0 aliphatic carbocycles. The molecule has 4 heteroatoms. The van der Waals surface area contributed by atoms with Crippen LogP contribution in [0.15, 0.2) is 23.1 Å². The SMILES string of the molecule is Cc1c(N)cccc1S(=O)[O-]. The molecule has 0 spiro atoms. The maximum absolute atomic E-state index is 10.5. The van der Waals surface area contributed by atoms with Crippen LogP contribution in [-0.4, -0.2) is 8.76 Å². The average molecular weight is 170 g/mol. The van der Waals surface area contributed by atoms with Crippen molar-refractivity contribution < 1.29 is 8.76 Å². The summed E-state index contributed by atoms with van der Waals surface area (Å²) in [5, 5.41) is 0. The number of nitrogen functional groups attached to an aromatic ring is 1. The van der Waals surface area contributed by atoms with Crippen molar-refractivity contribution in [2.75, 3.05) is 5.73 Å². The molecule has 0 fully saturated rings. The van der Waals surface area contributed by atoms with Gasteiger partial charge in [-0.3, -0.25) is 4.21 Å². The van der Waals surface area contributed by atoms with Crippen molar-refractivity contribution in [2.45, 2.75) is 11.8 Å². The molecule has 11 heavy (non-hydrogen) atoms. The Hall–Kier alpha value is -0.870. The van der Waals surface area contributed by atoms with E-state index in [-0.39, 0.29) is 4.90 Å². The molecule has 0 aromatic heterocycles. The van der Waals surface area contributed by atoms with E-state index in [0.717, 1.165) is 0 Å². The van der Waals surface area contributed by atoms with Gasteiger partial charge in [0, 0.05) is 10.6 Å². The fraction of sp³-hybridized carbons (Fsp3) is 0.143. The first-order chi connectivity index (χ1) is 5.13. The highest BCUT2D eigenvalue weighted by atomic mass is 32.2. The minimum Gasteiger partial charge on any atom is -0.768 e. The standard InChI is InChI=1S/C7H9NO2S/c1-5-6(8)3-2-4-7(5)11(9)10/h2-4H,8H2,1H3,(H,9,10)/p-1. The summed E-state index contributed by atoms with van der Waals surface area (Å²) in [7, 11) is 0. The summed E-state index contributed by atoms with van der Waals surface area (Å²) in [6.45, 7) is 1.68. The first-order valence-corrected chi connectivity index (χ1v) is 4.15. The van der Waals surface area contributed by atoms with Gasteiger partial charge in [0.05, 0.1) is 0 Å². The van der Waals surface area contributed by atoms with Gasteiger partial charge in [-0.25, -0.2) is 0 Å². The van der Waals surface area contributed by atoms with Gasteiger partial charge >= 0.3 is 0 Å². The van der Waals surface area contributed by atoms with Crippen LogP contribution in [0.5, 0.6) is 0 Å². The van der Waals surface area contributed by atoms with Crippen LogP contribution in [0.1, 0.15) is 5.56 Å². The zero-order chi connectivity index (χ0) is 8.43. The highest BCUT2D eigenvalue weighted by Gasteiger charge is 1.99. The lowest BCUT2D eigenvalue weighted by Gasteiger charge is -2.09. The Morgan fingerprint density at radius 3 is 2.64 bits per heavy atom. The minimum absolute atomic E-state index is 0.269. The molecule has 2 N–H and O–H groups in total. The maximum Gasteiger partial charge on any atom is 0.0355 e. The summed E-state index contributed by atoms with van der Waals surface area (Å²) in [4.78, 5) is 0.269. The second kappa shape index (κ2) is 3.02. The molecular weight excluding hydrogens is 162 g/mol. The fourth-order valence-corrected chi connectivity index (χ4v) is 1.37. The van der Waals surface area contributed by atoms with Gasteiger partial charge < -0.3 is 10.3 Å². The van der Waals surface area contributed by atoms with E-state index in [1.807, 2.05) is 0 Å². The summed E-state index contributed by atoms with van der Waals surface area (Å²) in [5.41, 5.74) is 6.60. The number of nitrogens with two attached hydrogens (primary N) is 1.